The van der Waals surface area contributed by atoms with Gasteiger partial charge in [-0.05, 0) is 49.6 Å². The Morgan fingerprint density at radius 2 is 1.97 bits per heavy atom. The first-order chi connectivity index (χ1) is 14.6. The predicted octanol–water partition coefficient (Wildman–Crippen LogP) is 2.14. The summed E-state index contributed by atoms with van der Waals surface area (Å²) in [6.07, 6.45) is 9.88. The van der Waals surface area contributed by atoms with Gasteiger partial charge in [-0.25, -0.2) is 9.97 Å². The standard InChI is InChI=1S/C22H24N6O2/c1-16-24-9-12-28(16)20-13-17(4-8-25-20)14-26-21(29)18-5-10-27(11-6-18)22(30)19-3-2-7-23-15-19/h2-4,7-9,12-13,15,18H,5-6,10-11,14H2,1H3,(H,26,29). The third kappa shape index (κ3) is 4.37. The topological polar surface area (TPSA) is 93.0 Å². The van der Waals surface area contributed by atoms with Gasteiger partial charge in [0.2, 0.25) is 5.91 Å². The largest absolute Gasteiger partial charge is 0.352 e. The second-order valence-corrected chi connectivity index (χ2v) is 7.39. The maximum Gasteiger partial charge on any atom is 0.255 e. The molecule has 1 N–H and O–H groups in total. The van der Waals surface area contributed by atoms with Crippen LogP contribution in [0.5, 0.6) is 0 Å². The van der Waals surface area contributed by atoms with Crippen molar-refractivity contribution in [1.29, 1.82) is 0 Å². The van der Waals surface area contributed by atoms with E-state index in [9.17, 15) is 9.59 Å². The zero-order valence-electron chi connectivity index (χ0n) is 16.9. The van der Waals surface area contributed by atoms with E-state index in [2.05, 4.69) is 20.3 Å². The van der Waals surface area contributed by atoms with Gasteiger partial charge in [-0.15, -0.1) is 0 Å². The van der Waals surface area contributed by atoms with E-state index >= 15 is 0 Å². The van der Waals surface area contributed by atoms with Gasteiger partial charge in [0, 0.05) is 56.5 Å². The fourth-order valence-electron chi connectivity index (χ4n) is 3.67. The van der Waals surface area contributed by atoms with Gasteiger partial charge in [-0.1, -0.05) is 0 Å². The van der Waals surface area contributed by atoms with Crippen LogP contribution < -0.4 is 5.32 Å². The lowest BCUT2D eigenvalue weighted by Crippen LogP contribution is -2.43. The van der Waals surface area contributed by atoms with Gasteiger partial charge >= 0.3 is 0 Å². The van der Waals surface area contributed by atoms with Crippen molar-refractivity contribution < 1.29 is 9.59 Å². The minimum Gasteiger partial charge on any atom is -0.352 e. The second-order valence-electron chi connectivity index (χ2n) is 7.39. The van der Waals surface area contributed by atoms with E-state index in [0.717, 1.165) is 17.2 Å². The van der Waals surface area contributed by atoms with E-state index in [0.29, 0.717) is 38.0 Å². The van der Waals surface area contributed by atoms with Crippen LogP contribution in [-0.2, 0) is 11.3 Å². The third-order valence-electron chi connectivity index (χ3n) is 5.41. The maximum absolute atomic E-state index is 12.6. The normalized spacial score (nSPS) is 14.5. The average Bonchev–Trinajstić information content (AvgIpc) is 3.24. The van der Waals surface area contributed by atoms with Crippen molar-refractivity contribution in [2.75, 3.05) is 13.1 Å². The lowest BCUT2D eigenvalue weighted by Gasteiger charge is -2.31. The lowest BCUT2D eigenvalue weighted by molar-refractivity contribution is -0.126. The SMILES string of the molecule is Cc1nccn1-c1cc(CNC(=O)C2CCN(C(=O)c3cccnc3)CC2)ccn1. The predicted molar refractivity (Wildman–Crippen MR) is 111 cm³/mol. The fraction of sp³-hybridized carbons (Fsp3) is 0.318. The van der Waals surface area contributed by atoms with Crippen LogP contribution in [0.2, 0.25) is 0 Å². The van der Waals surface area contributed by atoms with E-state index in [1.807, 2.05) is 29.8 Å². The molecule has 154 valence electrons. The molecule has 0 atom stereocenters. The number of carbonyl (C=O) groups is 2. The smallest absolute Gasteiger partial charge is 0.255 e. The molecule has 3 aromatic rings. The number of likely N-dealkylation sites (tertiary alicyclic amines) is 1. The Labute approximate surface area is 175 Å². The number of amides is 2. The number of nitrogens with one attached hydrogen (secondary N) is 1. The Bertz CT molecular complexity index is 1020. The first kappa shape index (κ1) is 19.8. The fourth-order valence-corrected chi connectivity index (χ4v) is 3.67. The van der Waals surface area contributed by atoms with Gasteiger partial charge < -0.3 is 10.2 Å². The number of imidazole rings is 1. The van der Waals surface area contributed by atoms with Gasteiger partial charge in [-0.2, -0.15) is 0 Å². The second kappa shape index (κ2) is 8.86. The van der Waals surface area contributed by atoms with Gasteiger partial charge in [0.1, 0.15) is 11.6 Å². The molecule has 0 aromatic carbocycles. The number of hydrogen-bond acceptors (Lipinski definition) is 5. The van der Waals surface area contributed by atoms with Crippen molar-refractivity contribution in [2.45, 2.75) is 26.3 Å². The summed E-state index contributed by atoms with van der Waals surface area (Å²) >= 11 is 0. The van der Waals surface area contributed by atoms with Gasteiger partial charge in [0.15, 0.2) is 0 Å². The summed E-state index contributed by atoms with van der Waals surface area (Å²) in [5.74, 6) is 1.55. The molecule has 1 saturated heterocycles. The van der Waals surface area contributed by atoms with E-state index in [-0.39, 0.29) is 17.7 Å². The Hall–Kier alpha value is -3.55. The van der Waals surface area contributed by atoms with Crippen molar-refractivity contribution in [3.05, 3.63) is 72.2 Å². The minimum atomic E-state index is -0.0832. The van der Waals surface area contributed by atoms with E-state index in [1.165, 1.54) is 0 Å². The van der Waals surface area contributed by atoms with Crippen molar-refractivity contribution in [3.8, 4) is 5.82 Å². The average molecular weight is 404 g/mol. The monoisotopic (exact) mass is 404 g/mol. The molecule has 0 radical (unpaired) electrons. The Morgan fingerprint density at radius 1 is 1.13 bits per heavy atom. The Balaban J connectivity index is 1.30. The summed E-state index contributed by atoms with van der Waals surface area (Å²) < 4.78 is 1.90. The summed E-state index contributed by atoms with van der Waals surface area (Å²) in [7, 11) is 0. The third-order valence-corrected chi connectivity index (χ3v) is 5.41. The van der Waals surface area contributed by atoms with Crippen molar-refractivity contribution in [3.63, 3.8) is 0 Å². The molecule has 0 aliphatic carbocycles. The van der Waals surface area contributed by atoms with Gasteiger partial charge in [-0.3, -0.25) is 19.1 Å². The molecule has 0 unspecified atom stereocenters. The molecule has 1 fully saturated rings. The molecule has 0 saturated carbocycles. The molecule has 0 bridgehead atoms. The molecule has 8 nitrogen and oxygen atoms in total. The number of rotatable bonds is 5. The summed E-state index contributed by atoms with van der Waals surface area (Å²) in [5.41, 5.74) is 1.56. The first-order valence-electron chi connectivity index (χ1n) is 10.0. The highest BCUT2D eigenvalue weighted by Gasteiger charge is 2.27. The van der Waals surface area contributed by atoms with Crippen molar-refractivity contribution >= 4 is 11.8 Å². The first-order valence-corrected chi connectivity index (χ1v) is 10.0. The molecule has 30 heavy (non-hydrogen) atoms. The number of piperidine rings is 1. The van der Waals surface area contributed by atoms with Crippen LogP contribution in [0.4, 0.5) is 0 Å². The number of hydrogen-bond donors (Lipinski definition) is 1. The molecule has 4 heterocycles. The van der Waals surface area contributed by atoms with Crippen LogP contribution in [0.15, 0.2) is 55.2 Å². The van der Waals surface area contributed by atoms with Gasteiger partial charge in [0.25, 0.3) is 5.91 Å². The summed E-state index contributed by atoms with van der Waals surface area (Å²) in [5, 5.41) is 3.03. The number of pyridine rings is 2. The zero-order valence-corrected chi connectivity index (χ0v) is 16.9. The lowest BCUT2D eigenvalue weighted by atomic mass is 9.95. The summed E-state index contributed by atoms with van der Waals surface area (Å²) in [6, 6.07) is 7.36. The molecular formula is C22H24N6O2. The van der Waals surface area contributed by atoms with Crippen molar-refractivity contribution in [1.82, 2.24) is 29.7 Å². The van der Waals surface area contributed by atoms with Crippen LogP contribution >= 0.6 is 0 Å². The van der Waals surface area contributed by atoms with Crippen molar-refractivity contribution in [2.24, 2.45) is 5.92 Å². The Kier molecular flexibility index (Phi) is 5.83. The van der Waals surface area contributed by atoms with Crippen LogP contribution in [0.1, 0.15) is 34.6 Å². The molecule has 8 heteroatoms. The molecule has 0 spiro atoms. The quantitative estimate of drug-likeness (QED) is 0.703. The molecular weight excluding hydrogens is 380 g/mol. The molecule has 2 amide bonds. The van der Waals surface area contributed by atoms with Crippen LogP contribution in [0.25, 0.3) is 5.82 Å². The summed E-state index contributed by atoms with van der Waals surface area (Å²) in [4.78, 5) is 39.5. The highest BCUT2D eigenvalue weighted by Crippen LogP contribution is 2.19. The minimum absolute atomic E-state index is 0.0268. The molecule has 1 aliphatic rings. The number of carbonyl (C=O) groups excluding carboxylic acids is 2. The molecule has 1 aliphatic heterocycles. The molecule has 3 aromatic heterocycles. The Morgan fingerprint density at radius 3 is 2.67 bits per heavy atom. The highest BCUT2D eigenvalue weighted by molar-refractivity contribution is 5.94. The maximum atomic E-state index is 12.6. The van der Waals surface area contributed by atoms with E-state index in [4.69, 9.17) is 0 Å². The van der Waals surface area contributed by atoms with Gasteiger partial charge in [0.05, 0.1) is 5.56 Å². The van der Waals surface area contributed by atoms with E-state index < -0.39 is 0 Å². The van der Waals surface area contributed by atoms with Crippen LogP contribution in [0.3, 0.4) is 0 Å². The number of nitrogens with zero attached hydrogens (tertiary/aromatic N) is 5. The number of aryl methyl sites for hydroxylation is 1. The van der Waals surface area contributed by atoms with E-state index in [1.54, 1.807) is 41.8 Å². The summed E-state index contributed by atoms with van der Waals surface area (Å²) in [6.45, 7) is 3.51. The number of aromatic nitrogens is 4. The van der Waals surface area contributed by atoms with Crippen LogP contribution in [-0.4, -0.2) is 49.3 Å². The van der Waals surface area contributed by atoms with Crippen LogP contribution in [0, 0.1) is 12.8 Å². The highest BCUT2D eigenvalue weighted by atomic mass is 16.2. The molecule has 4 rings (SSSR count). The zero-order chi connectivity index (χ0) is 20.9.